The summed E-state index contributed by atoms with van der Waals surface area (Å²) < 4.78 is 1.99. The Balaban J connectivity index is 1.50. The first-order valence-electron chi connectivity index (χ1n) is 13.7. The lowest BCUT2D eigenvalue weighted by Crippen LogP contribution is -2.19. The molecular formula is C34H35N3O2S2. The highest BCUT2D eigenvalue weighted by molar-refractivity contribution is 8.01. The molecule has 0 saturated heterocycles. The van der Waals surface area contributed by atoms with E-state index in [1.165, 1.54) is 0 Å². The van der Waals surface area contributed by atoms with Crippen LogP contribution in [-0.4, -0.2) is 30.4 Å². The van der Waals surface area contributed by atoms with Crippen molar-refractivity contribution >= 4 is 40.4 Å². The first kappa shape index (κ1) is 29.0. The minimum atomic E-state index is -0.819. The third kappa shape index (κ3) is 6.85. The number of hydrogen-bond donors (Lipinski definition) is 1. The molecule has 7 heteroatoms. The maximum atomic E-state index is 12.9. The average molecular weight is 582 g/mol. The van der Waals surface area contributed by atoms with Crippen LogP contribution in [0.15, 0.2) is 95.0 Å². The van der Waals surface area contributed by atoms with E-state index in [2.05, 4.69) is 53.5 Å². The summed E-state index contributed by atoms with van der Waals surface area (Å²) in [6.07, 6.45) is 4.08. The fourth-order valence-corrected chi connectivity index (χ4v) is 7.05. The molecule has 0 aliphatic rings. The van der Waals surface area contributed by atoms with Crippen LogP contribution in [0.3, 0.4) is 0 Å². The van der Waals surface area contributed by atoms with Crippen molar-refractivity contribution < 1.29 is 9.90 Å². The summed E-state index contributed by atoms with van der Waals surface area (Å²) in [6.45, 7) is 8.54. The molecule has 0 spiro atoms. The number of rotatable bonds is 9. The number of hydrogen-bond acceptors (Lipinski definition) is 5. The van der Waals surface area contributed by atoms with Crippen molar-refractivity contribution in [3.8, 4) is 11.3 Å². The standard InChI is InChI=1S/C34H35N3O2S2/c1-22-9-15-29(36-20-22)24-12-10-23(11-13-24)18-28(33(38)39)31-32(41-34(2,3)4)27-19-26(14-16-30(27)37(31)5)40-21-25-8-6-7-17-35-25/h6-17,19-20,28H,18,21H2,1-5H3,(H,38,39). The molecule has 5 rings (SSSR count). The molecule has 2 aromatic carbocycles. The number of carboxylic acid groups (broad SMARTS) is 1. The van der Waals surface area contributed by atoms with Crippen molar-refractivity contribution in [2.24, 2.45) is 7.05 Å². The Morgan fingerprint density at radius 3 is 2.41 bits per heavy atom. The quantitative estimate of drug-likeness (QED) is 0.176. The molecule has 5 aromatic rings. The van der Waals surface area contributed by atoms with Crippen molar-refractivity contribution in [2.45, 2.75) is 60.3 Å². The zero-order valence-electron chi connectivity index (χ0n) is 24.1. The van der Waals surface area contributed by atoms with Crippen LogP contribution in [0.5, 0.6) is 0 Å². The van der Waals surface area contributed by atoms with E-state index in [0.717, 1.165) is 60.2 Å². The van der Waals surface area contributed by atoms with Gasteiger partial charge in [-0.1, -0.05) is 57.2 Å². The van der Waals surface area contributed by atoms with Gasteiger partial charge in [0.15, 0.2) is 0 Å². The fraction of sp³-hybridized carbons (Fsp3) is 0.265. The van der Waals surface area contributed by atoms with Gasteiger partial charge in [-0.15, -0.1) is 23.5 Å². The van der Waals surface area contributed by atoms with E-state index in [9.17, 15) is 9.90 Å². The molecule has 0 fully saturated rings. The number of pyridine rings is 2. The van der Waals surface area contributed by atoms with Crippen LogP contribution in [0.1, 0.15) is 49.2 Å². The number of nitrogens with zero attached hydrogens (tertiary/aromatic N) is 3. The van der Waals surface area contributed by atoms with Gasteiger partial charge in [-0.05, 0) is 60.9 Å². The number of carbonyl (C=O) groups is 1. The minimum absolute atomic E-state index is 0.0914. The van der Waals surface area contributed by atoms with Crippen molar-refractivity contribution in [3.05, 3.63) is 108 Å². The van der Waals surface area contributed by atoms with Crippen LogP contribution >= 0.6 is 23.5 Å². The molecule has 1 N–H and O–H groups in total. The highest BCUT2D eigenvalue weighted by Crippen LogP contribution is 2.45. The molecule has 41 heavy (non-hydrogen) atoms. The van der Waals surface area contributed by atoms with Gasteiger partial charge in [-0.2, -0.15) is 0 Å². The van der Waals surface area contributed by atoms with Crippen molar-refractivity contribution in [3.63, 3.8) is 0 Å². The molecule has 3 heterocycles. The van der Waals surface area contributed by atoms with Crippen LogP contribution in [-0.2, 0) is 24.0 Å². The van der Waals surface area contributed by atoms with Crippen LogP contribution in [0, 0.1) is 6.92 Å². The number of aliphatic carboxylic acids is 1. The van der Waals surface area contributed by atoms with Gasteiger partial charge in [-0.25, -0.2) is 0 Å². The SMILES string of the molecule is Cc1ccc(-c2ccc(CC(C(=O)O)c3c(SC(C)(C)C)c4cc(SCc5ccccn5)ccc4n3C)cc2)nc1. The predicted octanol–water partition coefficient (Wildman–Crippen LogP) is 8.54. The maximum Gasteiger partial charge on any atom is 0.312 e. The number of fused-ring (bicyclic) bond motifs is 1. The minimum Gasteiger partial charge on any atom is -0.481 e. The summed E-state index contributed by atoms with van der Waals surface area (Å²) in [5.41, 5.74) is 6.95. The van der Waals surface area contributed by atoms with Crippen molar-refractivity contribution in [1.82, 2.24) is 14.5 Å². The summed E-state index contributed by atoms with van der Waals surface area (Å²) in [7, 11) is 1.99. The summed E-state index contributed by atoms with van der Waals surface area (Å²) in [4.78, 5) is 24.0. The van der Waals surface area contributed by atoms with Gasteiger partial charge in [0.05, 0.1) is 11.4 Å². The number of thioether (sulfide) groups is 2. The predicted molar refractivity (Wildman–Crippen MR) is 171 cm³/mol. The number of carboxylic acids is 1. The van der Waals surface area contributed by atoms with E-state index in [0.29, 0.717) is 6.42 Å². The zero-order chi connectivity index (χ0) is 29.1. The fourth-order valence-electron chi connectivity index (χ4n) is 4.93. The van der Waals surface area contributed by atoms with Gasteiger partial charge >= 0.3 is 5.97 Å². The molecule has 0 saturated carbocycles. The van der Waals surface area contributed by atoms with Crippen LogP contribution in [0.4, 0.5) is 0 Å². The molecular weight excluding hydrogens is 547 g/mol. The summed E-state index contributed by atoms with van der Waals surface area (Å²) in [5.74, 6) is -0.731. The molecule has 1 unspecified atom stereocenters. The normalized spacial score (nSPS) is 12.5. The van der Waals surface area contributed by atoms with E-state index in [-0.39, 0.29) is 4.75 Å². The summed E-state index contributed by atoms with van der Waals surface area (Å²) >= 11 is 3.49. The molecule has 210 valence electrons. The molecule has 0 aliphatic carbocycles. The lowest BCUT2D eigenvalue weighted by Gasteiger charge is -2.22. The molecule has 0 bridgehead atoms. The molecule has 0 radical (unpaired) electrons. The van der Waals surface area contributed by atoms with E-state index in [4.69, 9.17) is 0 Å². The Morgan fingerprint density at radius 2 is 1.78 bits per heavy atom. The van der Waals surface area contributed by atoms with Gasteiger partial charge in [0.25, 0.3) is 0 Å². The van der Waals surface area contributed by atoms with E-state index < -0.39 is 11.9 Å². The van der Waals surface area contributed by atoms with Crippen molar-refractivity contribution in [1.29, 1.82) is 0 Å². The molecule has 5 nitrogen and oxygen atoms in total. The van der Waals surface area contributed by atoms with Gasteiger partial charge in [0.1, 0.15) is 5.92 Å². The van der Waals surface area contributed by atoms with Crippen LogP contribution < -0.4 is 0 Å². The molecule has 0 amide bonds. The summed E-state index contributed by atoms with van der Waals surface area (Å²) in [6, 6.07) is 24.6. The second kappa shape index (κ2) is 12.1. The van der Waals surface area contributed by atoms with Gasteiger partial charge < -0.3 is 9.67 Å². The van der Waals surface area contributed by atoms with Crippen LogP contribution in [0.2, 0.25) is 0 Å². The Hall–Kier alpha value is -3.55. The second-order valence-corrected chi connectivity index (χ2v) is 14.2. The largest absolute Gasteiger partial charge is 0.481 e. The zero-order valence-corrected chi connectivity index (χ0v) is 25.7. The Labute approximate surface area is 250 Å². The third-order valence-electron chi connectivity index (χ3n) is 6.92. The topological polar surface area (TPSA) is 68.0 Å². The van der Waals surface area contributed by atoms with Gasteiger partial charge in [0.2, 0.25) is 0 Å². The monoisotopic (exact) mass is 581 g/mol. The highest BCUT2D eigenvalue weighted by atomic mass is 32.2. The third-order valence-corrected chi connectivity index (χ3v) is 9.19. The number of aryl methyl sites for hydroxylation is 2. The lowest BCUT2D eigenvalue weighted by atomic mass is 9.95. The van der Waals surface area contributed by atoms with Gasteiger partial charge in [0, 0.05) is 61.9 Å². The second-order valence-electron chi connectivity index (χ2n) is 11.3. The van der Waals surface area contributed by atoms with Gasteiger partial charge in [-0.3, -0.25) is 14.8 Å². The Kier molecular flexibility index (Phi) is 8.57. The van der Waals surface area contributed by atoms with E-state index >= 15 is 0 Å². The average Bonchev–Trinajstić information content (AvgIpc) is 3.20. The Bertz CT molecular complexity index is 1660. The lowest BCUT2D eigenvalue weighted by molar-refractivity contribution is -0.139. The number of benzene rings is 2. The molecule has 1 atom stereocenters. The Morgan fingerprint density at radius 1 is 1.00 bits per heavy atom. The summed E-state index contributed by atoms with van der Waals surface area (Å²) in [5, 5.41) is 11.6. The first-order valence-corrected chi connectivity index (χ1v) is 15.5. The van der Waals surface area contributed by atoms with E-state index in [1.54, 1.807) is 23.5 Å². The maximum absolute atomic E-state index is 12.9. The van der Waals surface area contributed by atoms with Crippen LogP contribution in [0.25, 0.3) is 22.2 Å². The molecule has 0 aliphatic heterocycles. The highest BCUT2D eigenvalue weighted by Gasteiger charge is 2.31. The molecule has 3 aromatic heterocycles. The number of aromatic nitrogens is 3. The van der Waals surface area contributed by atoms with Crippen molar-refractivity contribution in [2.75, 3.05) is 0 Å². The first-order chi connectivity index (χ1) is 19.6. The van der Waals surface area contributed by atoms with E-state index in [1.807, 2.05) is 81.0 Å². The smallest absolute Gasteiger partial charge is 0.312 e.